The first kappa shape index (κ1) is 25.4. The van der Waals surface area contributed by atoms with E-state index in [4.69, 9.17) is 4.74 Å². The molecule has 2 aromatic carbocycles. The van der Waals surface area contributed by atoms with Gasteiger partial charge >= 0.3 is 0 Å². The fourth-order valence-corrected chi connectivity index (χ4v) is 5.75. The van der Waals surface area contributed by atoms with Crippen LogP contribution in [-0.4, -0.2) is 28.8 Å². The lowest BCUT2D eigenvalue weighted by atomic mass is 9.80. The lowest BCUT2D eigenvalue weighted by Crippen LogP contribution is -2.21. The Morgan fingerprint density at radius 1 is 0.949 bits per heavy atom. The molecule has 1 saturated carbocycles. The molecule has 0 spiro atoms. The maximum Gasteiger partial charge on any atom is 0.221 e. The monoisotopic (exact) mass is 521 g/mol. The highest BCUT2D eigenvalue weighted by atomic mass is 16.5. The van der Waals surface area contributed by atoms with Crippen molar-refractivity contribution in [3.05, 3.63) is 95.1 Å². The predicted octanol–water partition coefficient (Wildman–Crippen LogP) is 7.35. The number of rotatable bonds is 8. The minimum absolute atomic E-state index is 0.0683. The van der Waals surface area contributed by atoms with E-state index in [1.807, 2.05) is 43.5 Å². The average molecular weight is 522 g/mol. The number of Topliss-reactive ketones (excluding diaryl/α,β-unsaturated/α-hetero) is 1. The second-order valence-electron chi connectivity index (χ2n) is 11.1. The van der Waals surface area contributed by atoms with E-state index in [2.05, 4.69) is 27.0 Å². The average Bonchev–Trinajstić information content (AvgIpc) is 3.77. The largest absolute Gasteiger partial charge is 0.493 e. The first-order valence-corrected chi connectivity index (χ1v) is 14.1. The topological polar surface area (TPSA) is 75.0 Å². The summed E-state index contributed by atoms with van der Waals surface area (Å²) in [5, 5.41) is 10.5. The standard InChI is InChI=1S/C33H35N3O3/c1-36(27-11-10-24-18-23(5-2-4-22-8-9-22)19-31(37)30(24)20-27)26-12-14-28(15-13-26)39-32-7-3-6-25-21-34-17-16-29(25)33(38)35-32/h7,10-17,20-23H,2-6,8-9,18-19H2,1H3,(H,35,38)/b32-7+. The molecule has 0 bridgehead atoms. The number of hydrogen-bond donors (Lipinski definition) is 1. The fourth-order valence-electron chi connectivity index (χ4n) is 5.75. The Bertz CT molecular complexity index is 1420. The number of carbonyl (C=O) groups is 1. The molecule has 1 aliphatic heterocycles. The number of allylic oxidation sites excluding steroid dienone is 1. The van der Waals surface area contributed by atoms with Gasteiger partial charge in [-0.25, -0.2) is 0 Å². The minimum atomic E-state index is -0.0683. The van der Waals surface area contributed by atoms with Gasteiger partial charge in [-0.1, -0.05) is 31.7 Å². The first-order valence-electron chi connectivity index (χ1n) is 14.1. The van der Waals surface area contributed by atoms with E-state index in [1.165, 1.54) is 37.7 Å². The zero-order chi connectivity index (χ0) is 26.8. The molecule has 2 heterocycles. The van der Waals surface area contributed by atoms with Crippen LogP contribution >= 0.6 is 0 Å². The van der Waals surface area contributed by atoms with Gasteiger partial charge in [0.05, 0.1) is 0 Å². The van der Waals surface area contributed by atoms with Crippen LogP contribution in [0.1, 0.15) is 72.0 Å². The molecule has 1 atom stereocenters. The second-order valence-corrected chi connectivity index (χ2v) is 11.1. The van der Waals surface area contributed by atoms with Gasteiger partial charge in [-0.2, -0.15) is 4.99 Å². The molecule has 1 N–H and O–H groups in total. The van der Waals surface area contributed by atoms with E-state index in [0.717, 1.165) is 47.7 Å². The van der Waals surface area contributed by atoms with Crippen molar-refractivity contribution in [1.82, 2.24) is 4.98 Å². The number of aliphatic imine (C=N–C) groups is 1. The van der Waals surface area contributed by atoms with Gasteiger partial charge in [0.2, 0.25) is 11.8 Å². The molecule has 6 rings (SSSR count). The van der Waals surface area contributed by atoms with Gasteiger partial charge in [0.1, 0.15) is 5.75 Å². The Kier molecular flexibility index (Phi) is 7.18. The number of benzene rings is 2. The molecule has 3 aliphatic rings. The molecular formula is C33H35N3O3. The summed E-state index contributed by atoms with van der Waals surface area (Å²) in [5.74, 6) is 2.68. The smallest absolute Gasteiger partial charge is 0.221 e. The van der Waals surface area contributed by atoms with Crippen molar-refractivity contribution in [2.24, 2.45) is 16.8 Å². The number of aliphatic hydroxyl groups excluding tert-OH is 1. The second kappa shape index (κ2) is 11.0. The molecule has 6 heteroatoms. The van der Waals surface area contributed by atoms with E-state index in [-0.39, 0.29) is 11.7 Å². The van der Waals surface area contributed by atoms with Crippen LogP contribution in [0.4, 0.5) is 11.4 Å². The van der Waals surface area contributed by atoms with Crippen LogP contribution in [0.2, 0.25) is 0 Å². The highest BCUT2D eigenvalue weighted by Gasteiger charge is 2.27. The number of nitrogens with zero attached hydrogens (tertiary/aromatic N) is 3. The zero-order valence-electron chi connectivity index (χ0n) is 22.5. The van der Waals surface area contributed by atoms with Gasteiger partial charge in [0.15, 0.2) is 5.78 Å². The van der Waals surface area contributed by atoms with Gasteiger partial charge in [0, 0.05) is 48.4 Å². The van der Waals surface area contributed by atoms with Gasteiger partial charge in [-0.05, 0) is 97.2 Å². The Hall–Kier alpha value is -3.93. The predicted molar refractivity (Wildman–Crippen MR) is 154 cm³/mol. The third-order valence-corrected chi connectivity index (χ3v) is 8.23. The summed E-state index contributed by atoms with van der Waals surface area (Å²) >= 11 is 0. The molecule has 1 unspecified atom stereocenters. The van der Waals surface area contributed by atoms with Gasteiger partial charge in [0.25, 0.3) is 0 Å². The third-order valence-electron chi connectivity index (χ3n) is 8.23. The summed E-state index contributed by atoms with van der Waals surface area (Å²) in [4.78, 5) is 23.5. The number of aliphatic hydroxyl groups is 1. The van der Waals surface area contributed by atoms with Gasteiger partial charge in [-0.3, -0.25) is 9.78 Å². The Morgan fingerprint density at radius 2 is 1.74 bits per heavy atom. The number of ether oxygens (including phenoxy) is 1. The van der Waals surface area contributed by atoms with Crippen molar-refractivity contribution in [3.63, 3.8) is 0 Å². The zero-order valence-corrected chi connectivity index (χ0v) is 22.5. The molecule has 1 fully saturated rings. The van der Waals surface area contributed by atoms with Crippen molar-refractivity contribution in [2.45, 2.75) is 57.8 Å². The van der Waals surface area contributed by atoms with Crippen LogP contribution in [0.25, 0.3) is 0 Å². The summed E-state index contributed by atoms with van der Waals surface area (Å²) < 4.78 is 5.99. The maximum atomic E-state index is 13.0. The lowest BCUT2D eigenvalue weighted by molar-refractivity contribution is 0.0945. The SMILES string of the molecule is CN(c1ccc(OC2=C/CCc3cnccc3/C(O)=N\2)cc1)c1ccc2c(c1)C(=O)CC(CCCC1CC1)C2. The maximum absolute atomic E-state index is 13.0. The van der Waals surface area contributed by atoms with Gasteiger partial charge in [-0.15, -0.1) is 0 Å². The van der Waals surface area contributed by atoms with E-state index < -0.39 is 0 Å². The number of anilines is 2. The summed E-state index contributed by atoms with van der Waals surface area (Å²) in [7, 11) is 2.01. The fraction of sp³-hybridized carbons (Fsp3) is 0.364. The highest BCUT2D eigenvalue weighted by molar-refractivity contribution is 5.99. The number of hydrogen-bond acceptors (Lipinski definition) is 5. The Labute approximate surface area is 230 Å². The highest BCUT2D eigenvalue weighted by Crippen LogP contribution is 2.37. The van der Waals surface area contributed by atoms with Crippen molar-refractivity contribution >= 4 is 23.1 Å². The van der Waals surface area contributed by atoms with Crippen LogP contribution in [-0.2, 0) is 12.8 Å². The van der Waals surface area contributed by atoms with Crippen LogP contribution in [0.3, 0.4) is 0 Å². The van der Waals surface area contributed by atoms with Crippen LogP contribution in [0.15, 0.2) is 77.9 Å². The normalized spacial score (nSPS) is 21.4. The number of pyridine rings is 1. The van der Waals surface area contributed by atoms with Crippen molar-refractivity contribution in [3.8, 4) is 5.75 Å². The molecule has 2 aliphatic carbocycles. The molecule has 0 radical (unpaired) electrons. The van der Waals surface area contributed by atoms with E-state index in [1.54, 1.807) is 18.5 Å². The quantitative estimate of drug-likeness (QED) is 0.335. The van der Waals surface area contributed by atoms with Crippen molar-refractivity contribution in [2.75, 3.05) is 11.9 Å². The number of ketones is 1. The lowest BCUT2D eigenvalue weighted by Gasteiger charge is -2.26. The van der Waals surface area contributed by atoms with Gasteiger partial charge < -0.3 is 14.7 Å². The van der Waals surface area contributed by atoms with Crippen LogP contribution in [0.5, 0.6) is 5.75 Å². The summed E-state index contributed by atoms with van der Waals surface area (Å²) in [6.07, 6.45) is 15.1. The molecule has 39 heavy (non-hydrogen) atoms. The molecule has 0 amide bonds. The summed E-state index contributed by atoms with van der Waals surface area (Å²) in [6.45, 7) is 0. The summed E-state index contributed by atoms with van der Waals surface area (Å²) in [5.41, 5.74) is 5.71. The Balaban J connectivity index is 1.11. The molecule has 1 aromatic heterocycles. The van der Waals surface area contributed by atoms with E-state index in [9.17, 15) is 9.90 Å². The molecular weight excluding hydrogens is 486 g/mol. The molecule has 0 saturated heterocycles. The van der Waals surface area contributed by atoms with Crippen molar-refractivity contribution < 1.29 is 14.6 Å². The number of fused-ring (bicyclic) bond motifs is 2. The number of aryl methyl sites for hydroxylation is 1. The molecule has 200 valence electrons. The third kappa shape index (κ3) is 5.90. The van der Waals surface area contributed by atoms with Crippen LogP contribution < -0.4 is 9.64 Å². The molecule has 3 aromatic rings. The first-order chi connectivity index (χ1) is 19.0. The minimum Gasteiger partial charge on any atom is -0.493 e. The van der Waals surface area contributed by atoms with E-state index in [0.29, 0.717) is 29.5 Å². The number of aromatic nitrogens is 1. The Morgan fingerprint density at radius 3 is 2.56 bits per heavy atom. The number of carbonyl (C=O) groups excluding carboxylic acids is 1. The van der Waals surface area contributed by atoms with Crippen molar-refractivity contribution in [1.29, 1.82) is 0 Å². The summed E-state index contributed by atoms with van der Waals surface area (Å²) in [6, 6.07) is 15.8. The van der Waals surface area contributed by atoms with E-state index >= 15 is 0 Å². The molecule has 6 nitrogen and oxygen atoms in total. The van der Waals surface area contributed by atoms with Crippen LogP contribution in [0, 0.1) is 11.8 Å².